The summed E-state index contributed by atoms with van der Waals surface area (Å²) in [7, 11) is 0. The van der Waals surface area contributed by atoms with Crippen molar-refractivity contribution in [3.63, 3.8) is 0 Å². The Morgan fingerprint density at radius 1 is 1.18 bits per heavy atom. The summed E-state index contributed by atoms with van der Waals surface area (Å²) in [5, 5.41) is 11.6. The smallest absolute Gasteiger partial charge is 0.0722 e. The largest absolute Gasteiger partial charge is 0.393 e. The van der Waals surface area contributed by atoms with E-state index in [1.165, 1.54) is 17.5 Å². The molecule has 3 heterocycles. The maximum absolute atomic E-state index is 10.4. The zero-order chi connectivity index (χ0) is 14.9. The van der Waals surface area contributed by atoms with Crippen LogP contribution < -0.4 is 4.90 Å². The molecule has 0 spiro atoms. The van der Waals surface area contributed by atoms with E-state index < -0.39 is 0 Å². The number of fused-ring (bicyclic) bond motifs is 1. The van der Waals surface area contributed by atoms with Gasteiger partial charge in [0.25, 0.3) is 0 Å². The molecule has 2 saturated heterocycles. The van der Waals surface area contributed by atoms with Gasteiger partial charge in [-0.3, -0.25) is 4.98 Å². The van der Waals surface area contributed by atoms with Gasteiger partial charge in [-0.25, -0.2) is 0 Å². The number of pyridine rings is 1. The minimum absolute atomic E-state index is 0.211. The van der Waals surface area contributed by atoms with Gasteiger partial charge in [-0.1, -0.05) is 18.2 Å². The molecule has 0 bridgehead atoms. The summed E-state index contributed by atoms with van der Waals surface area (Å²) < 4.78 is 5.64. The third-order valence-corrected chi connectivity index (χ3v) is 5.09. The molecule has 0 saturated carbocycles. The lowest BCUT2D eigenvalue weighted by Crippen LogP contribution is -2.46. The molecule has 2 aromatic rings. The number of ether oxygens (including phenoxy) is 1. The van der Waals surface area contributed by atoms with E-state index in [1.54, 1.807) is 0 Å². The van der Waals surface area contributed by atoms with Crippen molar-refractivity contribution in [2.24, 2.45) is 5.92 Å². The monoisotopic (exact) mass is 298 g/mol. The molecule has 1 aromatic heterocycles. The van der Waals surface area contributed by atoms with Crippen LogP contribution in [0.15, 0.2) is 36.5 Å². The molecule has 3 atom stereocenters. The molecule has 2 fully saturated rings. The van der Waals surface area contributed by atoms with Crippen molar-refractivity contribution in [2.45, 2.75) is 31.4 Å². The van der Waals surface area contributed by atoms with Gasteiger partial charge in [-0.2, -0.15) is 0 Å². The quantitative estimate of drug-likeness (QED) is 0.925. The summed E-state index contributed by atoms with van der Waals surface area (Å²) in [6.07, 6.45) is 4.70. The third-order valence-electron chi connectivity index (χ3n) is 5.09. The van der Waals surface area contributed by atoms with Gasteiger partial charge in [-0.05, 0) is 31.4 Å². The lowest BCUT2D eigenvalue weighted by Gasteiger charge is -2.38. The Morgan fingerprint density at radius 3 is 3.00 bits per heavy atom. The summed E-state index contributed by atoms with van der Waals surface area (Å²) >= 11 is 0. The summed E-state index contributed by atoms with van der Waals surface area (Å²) in [5.41, 5.74) is 2.27. The summed E-state index contributed by atoms with van der Waals surface area (Å²) in [6.45, 7) is 2.40. The maximum atomic E-state index is 10.4. The molecule has 4 heteroatoms. The van der Waals surface area contributed by atoms with Crippen LogP contribution in [-0.2, 0) is 4.74 Å². The Balaban J connectivity index is 1.70. The molecule has 1 aromatic carbocycles. The van der Waals surface area contributed by atoms with Gasteiger partial charge in [0.15, 0.2) is 0 Å². The van der Waals surface area contributed by atoms with E-state index in [0.717, 1.165) is 24.9 Å². The Labute approximate surface area is 130 Å². The van der Waals surface area contributed by atoms with Gasteiger partial charge in [0.1, 0.15) is 0 Å². The molecule has 1 N–H and O–H groups in total. The first-order valence-corrected chi connectivity index (χ1v) is 8.21. The van der Waals surface area contributed by atoms with Crippen molar-refractivity contribution in [2.75, 3.05) is 24.7 Å². The molecule has 0 amide bonds. The van der Waals surface area contributed by atoms with Crippen molar-refractivity contribution in [1.82, 2.24) is 4.98 Å². The molecule has 116 valence electrons. The van der Waals surface area contributed by atoms with Gasteiger partial charge in [-0.15, -0.1) is 0 Å². The van der Waals surface area contributed by atoms with Crippen molar-refractivity contribution in [1.29, 1.82) is 0 Å². The van der Waals surface area contributed by atoms with Crippen molar-refractivity contribution in [3.05, 3.63) is 36.5 Å². The van der Waals surface area contributed by atoms with Gasteiger partial charge < -0.3 is 14.7 Å². The number of para-hydroxylation sites is 1. The highest BCUT2D eigenvalue weighted by Gasteiger charge is 2.38. The number of aromatic nitrogens is 1. The second kappa shape index (κ2) is 5.86. The summed E-state index contributed by atoms with van der Waals surface area (Å²) in [4.78, 5) is 6.93. The first-order valence-electron chi connectivity index (χ1n) is 8.21. The average Bonchev–Trinajstić information content (AvgIpc) is 3.04. The van der Waals surface area contributed by atoms with Gasteiger partial charge >= 0.3 is 0 Å². The van der Waals surface area contributed by atoms with Crippen LogP contribution >= 0.6 is 0 Å². The van der Waals surface area contributed by atoms with E-state index in [-0.39, 0.29) is 12.0 Å². The molecule has 2 aliphatic rings. The fourth-order valence-electron chi connectivity index (χ4n) is 3.98. The van der Waals surface area contributed by atoms with Crippen molar-refractivity contribution < 1.29 is 9.84 Å². The van der Waals surface area contributed by atoms with E-state index in [4.69, 9.17) is 4.74 Å². The lowest BCUT2D eigenvalue weighted by atomic mass is 9.89. The molecule has 4 nitrogen and oxygen atoms in total. The zero-order valence-corrected chi connectivity index (χ0v) is 12.7. The number of aliphatic hydroxyl groups excluding tert-OH is 1. The minimum atomic E-state index is -0.243. The number of anilines is 1. The Bertz CT molecular complexity index is 655. The minimum Gasteiger partial charge on any atom is -0.393 e. The molecule has 22 heavy (non-hydrogen) atoms. The Hall–Kier alpha value is -1.65. The van der Waals surface area contributed by atoms with Crippen molar-refractivity contribution in [3.8, 4) is 0 Å². The first kappa shape index (κ1) is 14.0. The fraction of sp³-hybridized carbons (Fsp3) is 0.500. The second-order valence-electron chi connectivity index (χ2n) is 6.34. The van der Waals surface area contributed by atoms with E-state index in [9.17, 15) is 5.11 Å². The zero-order valence-electron chi connectivity index (χ0n) is 12.7. The number of hydrogen-bond donors (Lipinski definition) is 1. The number of rotatable bonds is 2. The third kappa shape index (κ3) is 2.36. The SMILES string of the molecule is O[C@@H]1CCOC[C@@H]1[C@@H]1CCCN1c1ccnc2ccccc12. The number of aliphatic hydroxyl groups is 1. The van der Waals surface area contributed by atoms with Crippen molar-refractivity contribution >= 4 is 16.6 Å². The van der Waals surface area contributed by atoms with Crippen LogP contribution in [0.4, 0.5) is 5.69 Å². The number of benzene rings is 1. The highest BCUT2D eigenvalue weighted by atomic mass is 16.5. The molecule has 0 unspecified atom stereocenters. The fourth-order valence-corrected chi connectivity index (χ4v) is 3.98. The number of nitrogens with zero attached hydrogens (tertiary/aromatic N) is 2. The predicted octanol–water partition coefficient (Wildman–Crippen LogP) is 2.60. The Kier molecular flexibility index (Phi) is 3.72. The molecule has 0 radical (unpaired) electrons. The van der Waals surface area contributed by atoms with E-state index in [2.05, 4.69) is 34.1 Å². The van der Waals surface area contributed by atoms with E-state index >= 15 is 0 Å². The first-order chi connectivity index (χ1) is 10.8. The molecular formula is C18H22N2O2. The van der Waals surface area contributed by atoms with E-state index in [1.807, 2.05) is 12.3 Å². The van der Waals surface area contributed by atoms with Crippen LogP contribution in [0.5, 0.6) is 0 Å². The molecular weight excluding hydrogens is 276 g/mol. The molecule has 0 aliphatic carbocycles. The Morgan fingerprint density at radius 2 is 2.09 bits per heavy atom. The van der Waals surface area contributed by atoms with Crippen LogP contribution in [0.1, 0.15) is 19.3 Å². The van der Waals surface area contributed by atoms with Gasteiger partial charge in [0.05, 0.1) is 18.2 Å². The summed E-state index contributed by atoms with van der Waals surface area (Å²) in [6, 6.07) is 10.8. The van der Waals surface area contributed by atoms with Gasteiger partial charge in [0, 0.05) is 42.4 Å². The number of hydrogen-bond acceptors (Lipinski definition) is 4. The van der Waals surface area contributed by atoms with Crippen LogP contribution in [0, 0.1) is 5.92 Å². The van der Waals surface area contributed by atoms with Crippen LogP contribution in [0.3, 0.4) is 0 Å². The van der Waals surface area contributed by atoms with Crippen LogP contribution in [0.25, 0.3) is 10.9 Å². The topological polar surface area (TPSA) is 45.6 Å². The second-order valence-corrected chi connectivity index (χ2v) is 6.34. The molecule has 2 aliphatic heterocycles. The van der Waals surface area contributed by atoms with E-state index in [0.29, 0.717) is 19.3 Å². The lowest BCUT2D eigenvalue weighted by molar-refractivity contribution is -0.0437. The highest BCUT2D eigenvalue weighted by molar-refractivity contribution is 5.91. The average molecular weight is 298 g/mol. The van der Waals surface area contributed by atoms with Crippen LogP contribution in [0.2, 0.25) is 0 Å². The standard InChI is InChI=1S/C18H22N2O2/c21-18-8-11-22-12-14(18)16-6-3-10-20(16)17-7-9-19-15-5-2-1-4-13(15)17/h1-2,4-5,7,9,14,16,18,21H,3,6,8,10-12H2/t14-,16+,18-/m1/s1. The molecule has 4 rings (SSSR count). The highest BCUT2D eigenvalue weighted by Crippen LogP contribution is 2.36. The van der Waals surface area contributed by atoms with Gasteiger partial charge in [0.2, 0.25) is 0 Å². The normalized spacial score (nSPS) is 29.1. The van der Waals surface area contributed by atoms with Crippen LogP contribution in [-0.4, -0.2) is 42.0 Å². The summed E-state index contributed by atoms with van der Waals surface area (Å²) in [5.74, 6) is 0.211. The maximum Gasteiger partial charge on any atom is 0.0722 e. The predicted molar refractivity (Wildman–Crippen MR) is 87.0 cm³/mol.